The lowest BCUT2D eigenvalue weighted by Crippen LogP contribution is -2.29. The minimum atomic E-state index is -0.459. The summed E-state index contributed by atoms with van der Waals surface area (Å²) in [5, 5.41) is 8.87. The van der Waals surface area contributed by atoms with Crippen LogP contribution in [0, 0.1) is 11.3 Å². The van der Waals surface area contributed by atoms with Gasteiger partial charge in [-0.25, -0.2) is 0 Å². The molecule has 15 heavy (non-hydrogen) atoms. The summed E-state index contributed by atoms with van der Waals surface area (Å²) >= 11 is 5.71. The van der Waals surface area contributed by atoms with Crippen molar-refractivity contribution in [1.82, 2.24) is 4.90 Å². The van der Waals surface area contributed by atoms with Crippen molar-refractivity contribution in [1.29, 1.82) is 5.26 Å². The summed E-state index contributed by atoms with van der Waals surface area (Å²) in [7, 11) is 0. The molecule has 1 aliphatic heterocycles. The van der Waals surface area contributed by atoms with Crippen LogP contribution >= 0.6 is 11.6 Å². The molecule has 1 aliphatic rings. The number of nitriles is 1. The molecular weight excluding hydrogens is 216 g/mol. The third kappa shape index (κ3) is 1.37. The molecular formula is C10H5ClN2O2. The van der Waals surface area contributed by atoms with Gasteiger partial charge in [0.1, 0.15) is 6.54 Å². The SMILES string of the molecule is N#CCN1C(=O)c2ccc(Cl)cc2C1=O. The van der Waals surface area contributed by atoms with Crippen LogP contribution in [0.15, 0.2) is 18.2 Å². The number of halogens is 1. The molecule has 0 bridgehead atoms. The third-order valence-electron chi connectivity index (χ3n) is 2.16. The largest absolute Gasteiger partial charge is 0.269 e. The number of imide groups is 1. The predicted octanol–water partition coefficient (Wildman–Crippen LogP) is 1.46. The van der Waals surface area contributed by atoms with E-state index in [2.05, 4.69) is 0 Å². The molecule has 0 N–H and O–H groups in total. The van der Waals surface area contributed by atoms with E-state index in [9.17, 15) is 9.59 Å². The Bertz CT molecular complexity index is 505. The molecule has 1 aromatic carbocycles. The van der Waals surface area contributed by atoms with Crippen molar-refractivity contribution in [3.05, 3.63) is 34.3 Å². The van der Waals surface area contributed by atoms with Crippen LogP contribution in [0.4, 0.5) is 0 Å². The normalized spacial score (nSPS) is 14.0. The number of nitrogens with zero attached hydrogens (tertiary/aromatic N) is 2. The van der Waals surface area contributed by atoms with Crippen LogP contribution < -0.4 is 0 Å². The topological polar surface area (TPSA) is 61.2 Å². The van der Waals surface area contributed by atoms with Crippen molar-refractivity contribution in [2.24, 2.45) is 0 Å². The van der Waals surface area contributed by atoms with Gasteiger partial charge in [0.05, 0.1) is 17.2 Å². The van der Waals surface area contributed by atoms with E-state index < -0.39 is 11.8 Å². The highest BCUT2D eigenvalue weighted by atomic mass is 35.5. The smallest absolute Gasteiger partial charge is 0.262 e. The monoisotopic (exact) mass is 220 g/mol. The molecule has 0 saturated carbocycles. The summed E-state index contributed by atoms with van der Waals surface area (Å²) < 4.78 is 0. The standard InChI is InChI=1S/C10H5ClN2O2/c11-6-1-2-7-8(5-6)10(15)13(4-3-12)9(7)14/h1-2,5H,4H2. The lowest BCUT2D eigenvalue weighted by molar-refractivity contribution is 0.0674. The van der Waals surface area contributed by atoms with E-state index in [4.69, 9.17) is 16.9 Å². The lowest BCUT2D eigenvalue weighted by atomic mass is 10.1. The summed E-state index contributed by atoms with van der Waals surface area (Å²) in [6.07, 6.45) is 0. The fourth-order valence-corrected chi connectivity index (χ4v) is 1.65. The van der Waals surface area contributed by atoms with Crippen molar-refractivity contribution < 1.29 is 9.59 Å². The maximum Gasteiger partial charge on any atom is 0.262 e. The Labute approximate surface area is 90.7 Å². The molecule has 2 rings (SSSR count). The molecule has 1 aromatic rings. The zero-order chi connectivity index (χ0) is 11.0. The number of benzene rings is 1. The van der Waals surface area contributed by atoms with Gasteiger partial charge in [0.15, 0.2) is 0 Å². The van der Waals surface area contributed by atoms with E-state index in [1.54, 1.807) is 12.1 Å². The van der Waals surface area contributed by atoms with Gasteiger partial charge in [-0.05, 0) is 18.2 Å². The first kappa shape index (κ1) is 9.69. The Morgan fingerprint density at radius 2 is 1.93 bits per heavy atom. The van der Waals surface area contributed by atoms with Crippen molar-refractivity contribution in [2.45, 2.75) is 0 Å². The Kier molecular flexibility index (Phi) is 2.18. The Hall–Kier alpha value is -1.86. The molecule has 0 saturated heterocycles. The molecule has 4 nitrogen and oxygen atoms in total. The Morgan fingerprint density at radius 1 is 1.27 bits per heavy atom. The van der Waals surface area contributed by atoms with E-state index in [0.717, 1.165) is 4.90 Å². The first-order valence-electron chi connectivity index (χ1n) is 4.18. The zero-order valence-electron chi connectivity index (χ0n) is 7.53. The second-order valence-electron chi connectivity index (χ2n) is 3.04. The lowest BCUT2D eigenvalue weighted by Gasteiger charge is -2.06. The van der Waals surface area contributed by atoms with Crippen molar-refractivity contribution in [3.63, 3.8) is 0 Å². The molecule has 2 amide bonds. The molecule has 0 aromatic heterocycles. The molecule has 0 unspecified atom stereocenters. The average molecular weight is 221 g/mol. The van der Waals surface area contributed by atoms with Crippen molar-refractivity contribution >= 4 is 23.4 Å². The maximum atomic E-state index is 11.6. The third-order valence-corrected chi connectivity index (χ3v) is 2.40. The van der Waals surface area contributed by atoms with Crippen LogP contribution in [0.25, 0.3) is 0 Å². The summed E-state index contributed by atoms with van der Waals surface area (Å²) in [6, 6.07) is 6.25. The number of hydrogen-bond donors (Lipinski definition) is 0. The molecule has 5 heteroatoms. The summed E-state index contributed by atoms with van der Waals surface area (Å²) in [5.41, 5.74) is 0.572. The first-order chi connectivity index (χ1) is 7.15. The highest BCUT2D eigenvalue weighted by Gasteiger charge is 2.35. The summed E-state index contributed by atoms with van der Waals surface area (Å²) in [5.74, 6) is -0.896. The van der Waals surface area contributed by atoms with Gasteiger partial charge in [-0.15, -0.1) is 0 Å². The quantitative estimate of drug-likeness (QED) is 0.532. The molecule has 0 aliphatic carbocycles. The molecule has 1 heterocycles. The highest BCUT2D eigenvalue weighted by Crippen LogP contribution is 2.25. The van der Waals surface area contributed by atoms with Gasteiger partial charge in [0, 0.05) is 5.02 Å². The van der Waals surface area contributed by atoms with Gasteiger partial charge in [-0.1, -0.05) is 11.6 Å². The fourth-order valence-electron chi connectivity index (χ4n) is 1.48. The van der Waals surface area contributed by atoms with Crippen LogP contribution in [0.2, 0.25) is 5.02 Å². The number of rotatable bonds is 1. The number of carbonyl (C=O) groups excluding carboxylic acids is 2. The zero-order valence-corrected chi connectivity index (χ0v) is 8.28. The van der Waals surface area contributed by atoms with Gasteiger partial charge in [0.2, 0.25) is 0 Å². The van der Waals surface area contributed by atoms with E-state index in [1.165, 1.54) is 12.1 Å². The Morgan fingerprint density at radius 3 is 2.60 bits per heavy atom. The van der Waals surface area contributed by atoms with Gasteiger partial charge < -0.3 is 0 Å². The number of amides is 2. The van der Waals surface area contributed by atoms with E-state index in [0.29, 0.717) is 10.6 Å². The second kappa shape index (κ2) is 3.37. The van der Waals surface area contributed by atoms with Gasteiger partial charge in [0.25, 0.3) is 11.8 Å². The van der Waals surface area contributed by atoms with Gasteiger partial charge >= 0.3 is 0 Å². The molecule has 0 atom stereocenters. The molecule has 0 radical (unpaired) electrons. The van der Waals surface area contributed by atoms with Crippen LogP contribution in [0.3, 0.4) is 0 Å². The van der Waals surface area contributed by atoms with E-state index in [-0.39, 0.29) is 12.1 Å². The van der Waals surface area contributed by atoms with Gasteiger partial charge in [-0.2, -0.15) is 5.26 Å². The summed E-state index contributed by atoms with van der Waals surface area (Å²) in [4.78, 5) is 24.2. The predicted molar refractivity (Wildman–Crippen MR) is 52.4 cm³/mol. The fraction of sp³-hybridized carbons (Fsp3) is 0.100. The number of fused-ring (bicyclic) bond motifs is 1. The van der Waals surface area contributed by atoms with Crippen LogP contribution in [-0.4, -0.2) is 23.3 Å². The van der Waals surface area contributed by atoms with Crippen molar-refractivity contribution in [2.75, 3.05) is 6.54 Å². The average Bonchev–Trinajstić information content (AvgIpc) is 2.44. The van der Waals surface area contributed by atoms with E-state index in [1.807, 2.05) is 0 Å². The van der Waals surface area contributed by atoms with Crippen molar-refractivity contribution in [3.8, 4) is 6.07 Å². The van der Waals surface area contributed by atoms with Gasteiger partial charge in [-0.3, -0.25) is 14.5 Å². The minimum Gasteiger partial charge on any atom is -0.269 e. The molecule has 74 valence electrons. The number of carbonyl (C=O) groups is 2. The van der Waals surface area contributed by atoms with Crippen LogP contribution in [-0.2, 0) is 0 Å². The maximum absolute atomic E-state index is 11.6. The van der Waals surface area contributed by atoms with E-state index >= 15 is 0 Å². The Balaban J connectivity index is 2.52. The number of hydrogen-bond acceptors (Lipinski definition) is 3. The molecule has 0 fully saturated rings. The highest BCUT2D eigenvalue weighted by molar-refractivity contribution is 6.32. The van der Waals surface area contributed by atoms with Crippen LogP contribution in [0.5, 0.6) is 0 Å². The van der Waals surface area contributed by atoms with Crippen LogP contribution in [0.1, 0.15) is 20.7 Å². The molecule has 0 spiro atoms. The first-order valence-corrected chi connectivity index (χ1v) is 4.55. The second-order valence-corrected chi connectivity index (χ2v) is 3.48. The minimum absolute atomic E-state index is 0.232. The summed E-state index contributed by atoms with van der Waals surface area (Å²) in [6.45, 7) is -0.232.